The summed E-state index contributed by atoms with van der Waals surface area (Å²) in [5, 5.41) is 0. The summed E-state index contributed by atoms with van der Waals surface area (Å²) in [6, 6.07) is 14.5. The van der Waals surface area contributed by atoms with Crippen molar-refractivity contribution in [3.8, 4) is 0 Å². The van der Waals surface area contributed by atoms with Crippen LogP contribution in [-0.4, -0.2) is 5.78 Å². The van der Waals surface area contributed by atoms with Gasteiger partial charge < -0.3 is 0 Å². The van der Waals surface area contributed by atoms with Gasteiger partial charge in [0.25, 0.3) is 0 Å². The summed E-state index contributed by atoms with van der Waals surface area (Å²) in [5.41, 5.74) is 3.37. The molecule has 0 aromatic heterocycles. The summed E-state index contributed by atoms with van der Waals surface area (Å²) in [6.45, 7) is 2.18. The molecule has 1 heterocycles. The number of fused-ring (bicyclic) bond motifs is 2. The standard InChI is InChI=1S/C17H16OS/c1-2-5-12-8-9-16-13(10-12)11-15(18)14-6-3-4-7-17(14)19-16/h3-4,6-10H,2,5,11H2,1H3. The second kappa shape index (κ2) is 5.22. The minimum Gasteiger partial charge on any atom is -0.294 e. The van der Waals surface area contributed by atoms with Gasteiger partial charge in [-0.05, 0) is 29.7 Å². The van der Waals surface area contributed by atoms with E-state index in [1.54, 1.807) is 11.8 Å². The lowest BCUT2D eigenvalue weighted by Gasteiger charge is -2.07. The number of ketones is 1. The fourth-order valence-corrected chi connectivity index (χ4v) is 3.56. The van der Waals surface area contributed by atoms with Crippen molar-refractivity contribution in [3.63, 3.8) is 0 Å². The van der Waals surface area contributed by atoms with E-state index in [9.17, 15) is 4.79 Å². The molecule has 19 heavy (non-hydrogen) atoms. The average Bonchev–Trinajstić information content (AvgIpc) is 2.55. The molecule has 2 aromatic rings. The first-order chi connectivity index (χ1) is 9.28. The summed E-state index contributed by atoms with van der Waals surface area (Å²) in [4.78, 5) is 14.6. The van der Waals surface area contributed by atoms with Gasteiger partial charge in [-0.25, -0.2) is 0 Å². The highest BCUT2D eigenvalue weighted by atomic mass is 32.2. The number of hydrogen-bond acceptors (Lipinski definition) is 2. The second-order valence-corrected chi connectivity index (χ2v) is 5.97. The minimum atomic E-state index is 0.232. The molecule has 0 bridgehead atoms. The molecule has 0 aliphatic carbocycles. The third kappa shape index (κ3) is 2.45. The molecule has 0 saturated heterocycles. The Kier molecular flexibility index (Phi) is 3.43. The molecule has 0 N–H and O–H groups in total. The number of Topliss-reactive ketones (excluding diaryl/α,β-unsaturated/α-hetero) is 1. The van der Waals surface area contributed by atoms with E-state index in [1.165, 1.54) is 16.0 Å². The molecular formula is C17H16OS. The van der Waals surface area contributed by atoms with E-state index in [0.29, 0.717) is 6.42 Å². The summed E-state index contributed by atoms with van der Waals surface area (Å²) in [6.07, 6.45) is 2.75. The Bertz CT molecular complexity index is 631. The van der Waals surface area contributed by atoms with E-state index in [-0.39, 0.29) is 5.78 Å². The first kappa shape index (κ1) is 12.5. The van der Waals surface area contributed by atoms with Gasteiger partial charge in [-0.3, -0.25) is 4.79 Å². The normalized spacial score (nSPS) is 13.6. The topological polar surface area (TPSA) is 17.1 Å². The summed E-state index contributed by atoms with van der Waals surface area (Å²) in [5.74, 6) is 0.232. The molecule has 0 saturated carbocycles. The SMILES string of the molecule is CCCc1ccc2c(c1)CC(=O)c1ccccc1S2. The van der Waals surface area contributed by atoms with Gasteiger partial charge in [0.1, 0.15) is 0 Å². The van der Waals surface area contributed by atoms with Crippen molar-refractivity contribution in [1.29, 1.82) is 0 Å². The van der Waals surface area contributed by atoms with Crippen LogP contribution in [0.1, 0.15) is 34.8 Å². The Morgan fingerprint density at radius 3 is 2.79 bits per heavy atom. The van der Waals surface area contributed by atoms with E-state index < -0.39 is 0 Å². The molecule has 1 aliphatic heterocycles. The summed E-state index contributed by atoms with van der Waals surface area (Å²) >= 11 is 1.71. The molecule has 2 aromatic carbocycles. The number of aryl methyl sites for hydroxylation is 1. The van der Waals surface area contributed by atoms with Crippen LogP contribution in [0.2, 0.25) is 0 Å². The third-order valence-electron chi connectivity index (χ3n) is 3.42. The maximum Gasteiger partial charge on any atom is 0.168 e. The van der Waals surface area contributed by atoms with Crippen molar-refractivity contribution in [2.75, 3.05) is 0 Å². The van der Waals surface area contributed by atoms with Crippen molar-refractivity contribution in [2.24, 2.45) is 0 Å². The summed E-state index contributed by atoms with van der Waals surface area (Å²) < 4.78 is 0. The van der Waals surface area contributed by atoms with Gasteiger partial charge in [0.2, 0.25) is 0 Å². The maximum absolute atomic E-state index is 12.3. The maximum atomic E-state index is 12.3. The quantitative estimate of drug-likeness (QED) is 0.796. The smallest absolute Gasteiger partial charge is 0.168 e. The van der Waals surface area contributed by atoms with E-state index in [0.717, 1.165) is 23.3 Å². The van der Waals surface area contributed by atoms with Crippen LogP contribution < -0.4 is 0 Å². The largest absolute Gasteiger partial charge is 0.294 e. The van der Waals surface area contributed by atoms with Crippen molar-refractivity contribution in [1.82, 2.24) is 0 Å². The Morgan fingerprint density at radius 1 is 1.11 bits per heavy atom. The second-order valence-electron chi connectivity index (χ2n) is 4.89. The Labute approximate surface area is 118 Å². The predicted octanol–water partition coefficient (Wildman–Crippen LogP) is 4.53. The van der Waals surface area contributed by atoms with Crippen molar-refractivity contribution >= 4 is 17.5 Å². The number of carbonyl (C=O) groups is 1. The van der Waals surface area contributed by atoms with Crippen LogP contribution in [0, 0.1) is 0 Å². The zero-order chi connectivity index (χ0) is 13.2. The van der Waals surface area contributed by atoms with Crippen LogP contribution >= 0.6 is 11.8 Å². The molecule has 0 unspecified atom stereocenters. The molecule has 1 nitrogen and oxygen atoms in total. The molecule has 3 rings (SSSR count). The van der Waals surface area contributed by atoms with Crippen LogP contribution in [0.3, 0.4) is 0 Å². The molecule has 0 radical (unpaired) electrons. The zero-order valence-corrected chi connectivity index (χ0v) is 11.8. The van der Waals surface area contributed by atoms with Crippen LogP contribution in [0.4, 0.5) is 0 Å². The first-order valence-electron chi connectivity index (χ1n) is 6.70. The highest BCUT2D eigenvalue weighted by Crippen LogP contribution is 2.37. The molecule has 0 amide bonds. The van der Waals surface area contributed by atoms with Gasteiger partial charge >= 0.3 is 0 Å². The number of carbonyl (C=O) groups excluding carboxylic acids is 1. The third-order valence-corrected chi connectivity index (χ3v) is 4.62. The monoisotopic (exact) mass is 268 g/mol. The molecule has 1 aliphatic rings. The number of rotatable bonds is 2. The van der Waals surface area contributed by atoms with E-state index in [4.69, 9.17) is 0 Å². The van der Waals surface area contributed by atoms with Gasteiger partial charge in [-0.1, -0.05) is 55.4 Å². The Balaban J connectivity index is 2.04. The molecule has 2 heteroatoms. The van der Waals surface area contributed by atoms with Crippen molar-refractivity contribution < 1.29 is 4.79 Å². The Morgan fingerprint density at radius 2 is 1.95 bits per heavy atom. The lowest BCUT2D eigenvalue weighted by molar-refractivity contribution is 0.0990. The first-order valence-corrected chi connectivity index (χ1v) is 7.51. The van der Waals surface area contributed by atoms with Crippen molar-refractivity contribution in [2.45, 2.75) is 36.0 Å². The average molecular weight is 268 g/mol. The van der Waals surface area contributed by atoms with Crippen LogP contribution in [0.15, 0.2) is 52.3 Å². The van der Waals surface area contributed by atoms with Gasteiger partial charge in [0.05, 0.1) is 0 Å². The lowest BCUT2D eigenvalue weighted by atomic mass is 10.00. The van der Waals surface area contributed by atoms with Gasteiger partial charge in [-0.2, -0.15) is 0 Å². The Hall–Kier alpha value is -1.54. The molecule has 0 atom stereocenters. The van der Waals surface area contributed by atoms with Crippen molar-refractivity contribution in [3.05, 3.63) is 59.2 Å². The minimum absolute atomic E-state index is 0.232. The van der Waals surface area contributed by atoms with Gasteiger partial charge in [0, 0.05) is 21.8 Å². The summed E-state index contributed by atoms with van der Waals surface area (Å²) in [7, 11) is 0. The molecule has 0 spiro atoms. The highest BCUT2D eigenvalue weighted by Gasteiger charge is 2.19. The van der Waals surface area contributed by atoms with Crippen LogP contribution in [0.5, 0.6) is 0 Å². The van der Waals surface area contributed by atoms with Gasteiger partial charge in [0.15, 0.2) is 5.78 Å². The van der Waals surface area contributed by atoms with E-state index >= 15 is 0 Å². The van der Waals surface area contributed by atoms with E-state index in [1.807, 2.05) is 24.3 Å². The number of hydrogen-bond donors (Lipinski definition) is 0. The predicted molar refractivity (Wildman–Crippen MR) is 79.0 cm³/mol. The molecule has 96 valence electrons. The fourth-order valence-electron chi connectivity index (χ4n) is 2.49. The fraction of sp³-hybridized carbons (Fsp3) is 0.235. The molecular weight excluding hydrogens is 252 g/mol. The lowest BCUT2D eigenvalue weighted by Crippen LogP contribution is -2.03. The van der Waals surface area contributed by atoms with Gasteiger partial charge in [-0.15, -0.1) is 0 Å². The molecule has 0 fully saturated rings. The van der Waals surface area contributed by atoms with Crippen LogP contribution in [-0.2, 0) is 12.8 Å². The zero-order valence-electron chi connectivity index (χ0n) is 11.0. The van der Waals surface area contributed by atoms with E-state index in [2.05, 4.69) is 25.1 Å². The van der Waals surface area contributed by atoms with Crippen LogP contribution in [0.25, 0.3) is 0 Å². The highest BCUT2D eigenvalue weighted by molar-refractivity contribution is 7.99. The number of benzene rings is 2.